The molecule has 130 valence electrons. The summed E-state index contributed by atoms with van der Waals surface area (Å²) in [7, 11) is 1.80. The number of aryl methyl sites for hydroxylation is 2. The van der Waals surface area contributed by atoms with E-state index in [0.717, 1.165) is 37.2 Å². The van der Waals surface area contributed by atoms with Crippen molar-refractivity contribution in [3.05, 3.63) is 22.5 Å². The van der Waals surface area contributed by atoms with Crippen molar-refractivity contribution in [1.29, 1.82) is 0 Å². The maximum absolute atomic E-state index is 12.5. The van der Waals surface area contributed by atoms with Crippen molar-refractivity contribution in [2.45, 2.75) is 47.5 Å². The maximum Gasteiger partial charge on any atom is 0.246 e. The number of carbonyl (C=O) groups is 1. The molecule has 0 aromatic carbocycles. The average molecular weight is 340 g/mol. The van der Waals surface area contributed by atoms with Crippen LogP contribution in [0.4, 0.5) is 0 Å². The largest absolute Gasteiger partial charge is 0.339 e. The summed E-state index contributed by atoms with van der Waals surface area (Å²) in [6, 6.07) is 0. The van der Waals surface area contributed by atoms with Gasteiger partial charge in [0.2, 0.25) is 5.91 Å². The van der Waals surface area contributed by atoms with Crippen LogP contribution in [0.3, 0.4) is 0 Å². The first-order chi connectivity index (χ1) is 10.7. The number of nitrogens with zero attached hydrogens (tertiary/aromatic N) is 3. The summed E-state index contributed by atoms with van der Waals surface area (Å²) in [6.07, 6.45) is 5.44. The van der Waals surface area contributed by atoms with Gasteiger partial charge in [-0.05, 0) is 37.7 Å². The Kier molecular flexibility index (Phi) is 7.83. The molecular formula is C18H30ClN3O. The second-order valence-electron chi connectivity index (χ2n) is 6.94. The Morgan fingerprint density at radius 3 is 2.13 bits per heavy atom. The first kappa shape index (κ1) is 19.8. The quantitative estimate of drug-likeness (QED) is 0.662. The van der Waals surface area contributed by atoms with Crippen LogP contribution in [0, 0.1) is 18.8 Å². The molecule has 0 fully saturated rings. The molecule has 1 heterocycles. The van der Waals surface area contributed by atoms with Gasteiger partial charge in [-0.15, -0.1) is 0 Å². The Morgan fingerprint density at radius 2 is 1.74 bits per heavy atom. The molecule has 0 radical (unpaired) electrons. The highest BCUT2D eigenvalue weighted by Gasteiger charge is 2.13. The third-order valence-corrected chi connectivity index (χ3v) is 4.30. The van der Waals surface area contributed by atoms with Gasteiger partial charge >= 0.3 is 0 Å². The molecule has 0 aliphatic carbocycles. The highest BCUT2D eigenvalue weighted by molar-refractivity contribution is 6.31. The van der Waals surface area contributed by atoms with Gasteiger partial charge in [-0.25, -0.2) is 0 Å². The van der Waals surface area contributed by atoms with Crippen LogP contribution in [-0.2, 0) is 11.8 Å². The highest BCUT2D eigenvalue weighted by atomic mass is 35.5. The fourth-order valence-electron chi connectivity index (χ4n) is 2.26. The van der Waals surface area contributed by atoms with Crippen LogP contribution in [0.1, 0.15) is 51.8 Å². The molecule has 0 aliphatic rings. The Morgan fingerprint density at radius 1 is 1.22 bits per heavy atom. The van der Waals surface area contributed by atoms with Crippen molar-refractivity contribution < 1.29 is 4.79 Å². The van der Waals surface area contributed by atoms with Crippen LogP contribution in [0.25, 0.3) is 6.08 Å². The van der Waals surface area contributed by atoms with Crippen molar-refractivity contribution in [1.82, 2.24) is 14.7 Å². The van der Waals surface area contributed by atoms with Crippen LogP contribution < -0.4 is 0 Å². The zero-order valence-electron chi connectivity index (χ0n) is 15.3. The number of rotatable bonds is 8. The van der Waals surface area contributed by atoms with Gasteiger partial charge < -0.3 is 4.90 Å². The number of aromatic nitrogens is 2. The molecule has 0 unspecified atom stereocenters. The summed E-state index contributed by atoms with van der Waals surface area (Å²) in [5.41, 5.74) is 1.65. The second-order valence-corrected chi connectivity index (χ2v) is 7.30. The SMILES string of the molecule is Cc1nn(C)c(Cl)c1/C=C/C(=O)N(CCC(C)C)CCC(C)C. The zero-order chi connectivity index (χ0) is 17.6. The van der Waals surface area contributed by atoms with E-state index in [0.29, 0.717) is 17.0 Å². The monoisotopic (exact) mass is 339 g/mol. The number of halogens is 1. The molecule has 1 amide bonds. The van der Waals surface area contributed by atoms with Gasteiger partial charge in [0.15, 0.2) is 0 Å². The predicted octanol–water partition coefficient (Wildman–Crippen LogP) is 4.32. The van der Waals surface area contributed by atoms with Crippen LogP contribution in [0.2, 0.25) is 5.15 Å². The molecule has 0 atom stereocenters. The second kappa shape index (κ2) is 9.11. The molecule has 23 heavy (non-hydrogen) atoms. The molecule has 0 bridgehead atoms. The minimum absolute atomic E-state index is 0.0469. The van der Waals surface area contributed by atoms with E-state index < -0.39 is 0 Å². The topological polar surface area (TPSA) is 38.1 Å². The molecule has 1 rings (SSSR count). The van der Waals surface area contributed by atoms with Gasteiger partial charge in [-0.2, -0.15) is 5.10 Å². The van der Waals surface area contributed by atoms with Gasteiger partial charge in [0, 0.05) is 31.8 Å². The Bertz CT molecular complexity index is 535. The molecule has 5 heteroatoms. The van der Waals surface area contributed by atoms with Gasteiger partial charge in [-0.3, -0.25) is 9.48 Å². The lowest BCUT2D eigenvalue weighted by molar-refractivity contribution is -0.126. The Balaban J connectivity index is 2.80. The number of hydrogen-bond donors (Lipinski definition) is 0. The van der Waals surface area contributed by atoms with Crippen molar-refractivity contribution in [2.75, 3.05) is 13.1 Å². The molecule has 4 nitrogen and oxygen atoms in total. The summed E-state index contributed by atoms with van der Waals surface area (Å²) < 4.78 is 1.62. The van der Waals surface area contributed by atoms with Crippen molar-refractivity contribution in [3.63, 3.8) is 0 Å². The number of carbonyl (C=O) groups excluding carboxylic acids is 1. The van der Waals surface area contributed by atoms with E-state index in [1.165, 1.54) is 0 Å². The molecule has 0 N–H and O–H groups in total. The summed E-state index contributed by atoms with van der Waals surface area (Å²) >= 11 is 6.21. The van der Waals surface area contributed by atoms with E-state index in [1.54, 1.807) is 23.9 Å². The van der Waals surface area contributed by atoms with Crippen molar-refractivity contribution in [3.8, 4) is 0 Å². The van der Waals surface area contributed by atoms with Crippen LogP contribution in [-0.4, -0.2) is 33.7 Å². The first-order valence-electron chi connectivity index (χ1n) is 8.38. The summed E-state index contributed by atoms with van der Waals surface area (Å²) in [6.45, 7) is 12.2. The third-order valence-electron chi connectivity index (χ3n) is 3.85. The van der Waals surface area contributed by atoms with Crippen LogP contribution >= 0.6 is 11.6 Å². The Hall–Kier alpha value is -1.29. The Labute approximate surface area is 145 Å². The molecule has 1 aromatic heterocycles. The maximum atomic E-state index is 12.5. The van der Waals surface area contributed by atoms with Crippen LogP contribution in [0.15, 0.2) is 6.08 Å². The van der Waals surface area contributed by atoms with Gasteiger partial charge in [0.25, 0.3) is 0 Å². The lowest BCUT2D eigenvalue weighted by atomic mass is 10.1. The summed E-state index contributed by atoms with van der Waals surface area (Å²) in [5, 5.41) is 4.82. The molecule has 0 spiro atoms. The van der Waals surface area contributed by atoms with E-state index >= 15 is 0 Å². The smallest absolute Gasteiger partial charge is 0.246 e. The van der Waals surface area contributed by atoms with Crippen molar-refractivity contribution in [2.24, 2.45) is 18.9 Å². The number of hydrogen-bond acceptors (Lipinski definition) is 2. The molecule has 0 saturated heterocycles. The lowest BCUT2D eigenvalue weighted by Crippen LogP contribution is -2.32. The predicted molar refractivity (Wildman–Crippen MR) is 97.5 cm³/mol. The molecular weight excluding hydrogens is 310 g/mol. The lowest BCUT2D eigenvalue weighted by Gasteiger charge is -2.23. The molecule has 0 saturated carbocycles. The fourth-order valence-corrected chi connectivity index (χ4v) is 2.49. The van der Waals surface area contributed by atoms with Gasteiger partial charge in [0.1, 0.15) is 5.15 Å². The highest BCUT2D eigenvalue weighted by Crippen LogP contribution is 2.20. The van der Waals surface area contributed by atoms with E-state index in [2.05, 4.69) is 32.8 Å². The molecule has 1 aromatic rings. The average Bonchev–Trinajstić information content (AvgIpc) is 2.69. The van der Waals surface area contributed by atoms with Crippen molar-refractivity contribution >= 4 is 23.6 Å². The molecule has 0 aliphatic heterocycles. The fraction of sp³-hybridized carbons (Fsp3) is 0.667. The standard InChI is InChI=1S/C18H30ClN3O/c1-13(2)9-11-22(12-10-14(3)4)17(23)8-7-16-15(5)20-21(6)18(16)19/h7-8,13-14H,9-12H2,1-6H3/b8-7+. The van der Waals surface area contributed by atoms with E-state index in [-0.39, 0.29) is 5.91 Å². The number of amides is 1. The summed E-state index contributed by atoms with van der Waals surface area (Å²) in [4.78, 5) is 14.5. The van der Waals surface area contributed by atoms with Crippen LogP contribution in [0.5, 0.6) is 0 Å². The summed E-state index contributed by atoms with van der Waals surface area (Å²) in [5.74, 6) is 1.22. The van der Waals surface area contributed by atoms with Gasteiger partial charge in [-0.1, -0.05) is 39.3 Å². The zero-order valence-corrected chi connectivity index (χ0v) is 16.0. The van der Waals surface area contributed by atoms with E-state index in [9.17, 15) is 4.79 Å². The van der Waals surface area contributed by atoms with Gasteiger partial charge in [0.05, 0.1) is 5.69 Å². The third kappa shape index (κ3) is 6.38. The van der Waals surface area contributed by atoms with E-state index in [1.807, 2.05) is 11.8 Å². The minimum atomic E-state index is 0.0469. The normalized spacial score (nSPS) is 11.9. The minimum Gasteiger partial charge on any atom is -0.339 e. The first-order valence-corrected chi connectivity index (χ1v) is 8.76. The van der Waals surface area contributed by atoms with E-state index in [4.69, 9.17) is 11.6 Å².